The van der Waals surface area contributed by atoms with Gasteiger partial charge in [-0.15, -0.1) is 0 Å². The molecule has 3 rings (SSSR count). The first-order valence-electron chi connectivity index (χ1n) is 14.9. The molecule has 8 heteroatoms. The van der Waals surface area contributed by atoms with Crippen LogP contribution in [0.1, 0.15) is 112 Å². The molecule has 0 N–H and O–H groups in total. The summed E-state index contributed by atoms with van der Waals surface area (Å²) in [6.07, 6.45) is 11.9. The van der Waals surface area contributed by atoms with Crippen LogP contribution < -0.4 is 22.2 Å². The van der Waals surface area contributed by atoms with Crippen molar-refractivity contribution in [2.24, 2.45) is 11.8 Å². The monoisotopic (exact) mass is 668 g/mol. The molecule has 0 aliphatic carbocycles. The number of unbranched alkanes of at least 4 members (excludes halogenated alkanes) is 4. The highest BCUT2D eigenvalue weighted by Gasteiger charge is 2.28. The summed E-state index contributed by atoms with van der Waals surface area (Å²) in [6, 6.07) is 0. The molecule has 0 aliphatic rings. The van der Waals surface area contributed by atoms with E-state index in [0.29, 0.717) is 13.1 Å². The normalized spacial score (nSPS) is 13.1. The number of nitrogens with zero attached hydrogens (tertiary/aromatic N) is 2. The number of hydrogen-bond acceptors (Lipinski definition) is 4. The largest absolute Gasteiger partial charge is 0.274 e. The average molecular weight is 671 g/mol. The second-order valence-electron chi connectivity index (χ2n) is 10.8. The molecule has 2 heterocycles. The van der Waals surface area contributed by atoms with Crippen molar-refractivity contribution in [2.45, 2.75) is 125 Å². The van der Waals surface area contributed by atoms with Crippen LogP contribution in [0.2, 0.25) is 0 Å². The highest BCUT2D eigenvalue weighted by atomic mass is 79.9. The Morgan fingerprint density at radius 1 is 0.513 bits per heavy atom. The van der Waals surface area contributed by atoms with E-state index in [1.807, 2.05) is 0 Å². The van der Waals surface area contributed by atoms with Gasteiger partial charge >= 0.3 is 0 Å². The smallest absolute Gasteiger partial charge is 0.262 e. The van der Waals surface area contributed by atoms with Crippen LogP contribution in [0.3, 0.4) is 0 Å². The van der Waals surface area contributed by atoms with Gasteiger partial charge in [-0.25, -0.2) is 0 Å². The van der Waals surface area contributed by atoms with Gasteiger partial charge in [-0.1, -0.05) is 99.3 Å². The number of fused-ring (bicyclic) bond motifs is 2. The molecular weight excluding hydrogens is 624 g/mol. The van der Waals surface area contributed by atoms with Gasteiger partial charge in [0.2, 0.25) is 0 Å². The van der Waals surface area contributed by atoms with Crippen molar-refractivity contribution in [1.82, 2.24) is 9.13 Å². The van der Waals surface area contributed by atoms with Gasteiger partial charge in [0, 0.05) is 22.0 Å². The van der Waals surface area contributed by atoms with Crippen molar-refractivity contribution in [3.05, 3.63) is 50.4 Å². The van der Waals surface area contributed by atoms with Gasteiger partial charge < -0.3 is 0 Å². The van der Waals surface area contributed by atoms with Crippen molar-refractivity contribution < 1.29 is 0 Å². The molecule has 218 valence electrons. The molecule has 0 amide bonds. The summed E-state index contributed by atoms with van der Waals surface area (Å²) in [5.41, 5.74) is -1.62. The summed E-state index contributed by atoms with van der Waals surface area (Å²) in [7, 11) is 0. The van der Waals surface area contributed by atoms with E-state index >= 15 is 0 Å². The molecule has 0 fully saturated rings. The lowest BCUT2D eigenvalue weighted by atomic mass is 9.99. The van der Waals surface area contributed by atoms with E-state index in [1.54, 1.807) is 0 Å². The maximum Gasteiger partial charge on any atom is 0.262 e. The van der Waals surface area contributed by atoms with Crippen LogP contribution in [-0.2, 0) is 13.1 Å². The zero-order valence-corrected chi connectivity index (χ0v) is 27.8. The Morgan fingerprint density at radius 2 is 0.795 bits per heavy atom. The molecule has 0 saturated heterocycles. The molecule has 6 nitrogen and oxygen atoms in total. The third kappa shape index (κ3) is 7.41. The molecule has 39 heavy (non-hydrogen) atoms. The van der Waals surface area contributed by atoms with E-state index in [2.05, 4.69) is 73.4 Å². The van der Waals surface area contributed by atoms with Crippen molar-refractivity contribution >= 4 is 53.4 Å². The maximum absolute atomic E-state index is 13.4. The summed E-state index contributed by atoms with van der Waals surface area (Å²) in [6.45, 7) is 13.5. The molecule has 0 radical (unpaired) electrons. The molecule has 2 atom stereocenters. The van der Waals surface area contributed by atoms with Gasteiger partial charge in [0.05, 0.1) is 21.5 Å². The fraction of sp³-hybridized carbons (Fsp3) is 0.677. The predicted octanol–water partition coefficient (Wildman–Crippen LogP) is 8.07. The SMILES string of the molecule is CCCCC.CCCCC(CC)Cn1c(=O)c2c(Br)c3c(=O)n(CC(CC)CCCC)c(=O)c3c(Br)c2c1=O. The zero-order chi connectivity index (χ0) is 29.3. The van der Waals surface area contributed by atoms with Gasteiger partial charge in [-0.05, 0) is 56.5 Å². The van der Waals surface area contributed by atoms with E-state index < -0.39 is 22.2 Å². The summed E-state index contributed by atoms with van der Waals surface area (Å²) in [4.78, 5) is 53.4. The van der Waals surface area contributed by atoms with Crippen molar-refractivity contribution in [3.63, 3.8) is 0 Å². The van der Waals surface area contributed by atoms with Crippen LogP contribution in [-0.4, -0.2) is 9.13 Å². The molecule has 0 saturated carbocycles. The van der Waals surface area contributed by atoms with Crippen LogP contribution in [0.25, 0.3) is 21.5 Å². The predicted molar refractivity (Wildman–Crippen MR) is 172 cm³/mol. The van der Waals surface area contributed by atoms with Gasteiger partial charge in [0.15, 0.2) is 0 Å². The molecule has 2 unspecified atom stereocenters. The number of rotatable bonds is 14. The fourth-order valence-electron chi connectivity index (χ4n) is 5.25. The van der Waals surface area contributed by atoms with Gasteiger partial charge in [0.25, 0.3) is 22.2 Å². The van der Waals surface area contributed by atoms with Crippen molar-refractivity contribution in [1.29, 1.82) is 0 Å². The Morgan fingerprint density at radius 3 is 1.00 bits per heavy atom. The van der Waals surface area contributed by atoms with Crippen LogP contribution in [0.4, 0.5) is 0 Å². The highest BCUT2D eigenvalue weighted by Crippen LogP contribution is 2.34. The molecule has 2 aromatic heterocycles. The lowest BCUT2D eigenvalue weighted by molar-refractivity contribution is 0.383. The minimum Gasteiger partial charge on any atom is -0.274 e. The van der Waals surface area contributed by atoms with E-state index in [-0.39, 0.29) is 42.3 Å². The molecule has 0 bridgehead atoms. The third-order valence-corrected chi connectivity index (χ3v) is 9.48. The van der Waals surface area contributed by atoms with Gasteiger partial charge in [0.1, 0.15) is 0 Å². The van der Waals surface area contributed by atoms with E-state index in [0.717, 1.165) is 51.4 Å². The van der Waals surface area contributed by atoms with Crippen molar-refractivity contribution in [3.8, 4) is 0 Å². The first-order chi connectivity index (χ1) is 18.6. The lowest BCUT2D eigenvalue weighted by Crippen LogP contribution is -2.29. The van der Waals surface area contributed by atoms with Crippen molar-refractivity contribution in [2.75, 3.05) is 0 Å². The van der Waals surface area contributed by atoms with Gasteiger partial charge in [-0.3, -0.25) is 28.3 Å². The second kappa shape index (κ2) is 16.0. The van der Waals surface area contributed by atoms with Crippen LogP contribution in [0, 0.1) is 11.8 Å². The first-order valence-corrected chi connectivity index (χ1v) is 16.5. The lowest BCUT2D eigenvalue weighted by Gasteiger charge is -2.14. The summed E-state index contributed by atoms with van der Waals surface area (Å²) < 4.78 is 3.07. The van der Waals surface area contributed by atoms with Crippen LogP contribution in [0.15, 0.2) is 28.1 Å². The first kappa shape index (κ1) is 33.7. The Bertz CT molecular complexity index is 1240. The molecule has 0 spiro atoms. The molecule has 3 aromatic rings. The summed E-state index contributed by atoms with van der Waals surface area (Å²) in [5.74, 6) is 0.443. The number of hydrogen-bond donors (Lipinski definition) is 0. The standard InChI is InChI=1S/C26H34Br2N2O4.C5H12/c1-5-9-11-15(7-3)13-29-23(31)17-18(24(29)32)22(28)20-19(21(17)27)25(33)30(26(20)34)14-16(8-4)12-10-6-2;1-3-5-4-2/h15-16H,5-14H2,1-4H3;3-5H2,1-2H3. The second-order valence-corrected chi connectivity index (χ2v) is 12.3. The average Bonchev–Trinajstić information content (AvgIpc) is 3.32. The van der Waals surface area contributed by atoms with Crippen LogP contribution >= 0.6 is 31.9 Å². The van der Waals surface area contributed by atoms with Gasteiger partial charge in [-0.2, -0.15) is 0 Å². The number of benzene rings is 1. The molecule has 1 aromatic carbocycles. The van der Waals surface area contributed by atoms with E-state index in [1.165, 1.54) is 28.4 Å². The quantitative estimate of drug-likeness (QED) is 0.174. The Labute approximate surface area is 249 Å². The Kier molecular flexibility index (Phi) is 13.8. The Hall–Kier alpha value is -1.54. The van der Waals surface area contributed by atoms with Crippen LogP contribution in [0.5, 0.6) is 0 Å². The number of aromatic nitrogens is 2. The highest BCUT2D eigenvalue weighted by molar-refractivity contribution is 9.11. The molecule has 0 aliphatic heterocycles. The minimum absolute atomic E-state index is 0.182. The topological polar surface area (TPSA) is 78.1 Å². The fourth-order valence-corrected chi connectivity index (χ4v) is 6.72. The molecular formula is C31H46Br2N2O4. The Balaban J connectivity index is 0.000000976. The van der Waals surface area contributed by atoms with E-state index in [9.17, 15) is 19.2 Å². The third-order valence-electron chi connectivity index (χ3n) is 7.89. The zero-order valence-electron chi connectivity index (χ0n) is 24.6. The van der Waals surface area contributed by atoms with E-state index in [4.69, 9.17) is 0 Å². The maximum atomic E-state index is 13.4. The summed E-state index contributed by atoms with van der Waals surface area (Å²) in [5, 5.41) is 0.730. The summed E-state index contributed by atoms with van der Waals surface area (Å²) >= 11 is 6.88. The number of halogens is 2. The minimum atomic E-state index is -0.404.